The number of nitrogens with zero attached hydrogens (tertiary/aromatic N) is 2. The number of hydrogen-bond donors (Lipinski definition) is 0. The molecule has 8 nitrogen and oxygen atoms in total. The van der Waals surface area contributed by atoms with Crippen LogP contribution in [0.1, 0.15) is 44.4 Å². The first-order valence-electron chi connectivity index (χ1n) is 12.6. The quantitative estimate of drug-likeness (QED) is 0.260. The highest BCUT2D eigenvalue weighted by atomic mass is 32.2. The Labute approximate surface area is 234 Å². The fourth-order valence-corrected chi connectivity index (χ4v) is 7.70. The normalized spacial score (nSPS) is 15.8. The molecule has 0 N–H and O–H groups in total. The number of rotatable bonds is 9. The van der Waals surface area contributed by atoms with Crippen LogP contribution in [-0.4, -0.2) is 42.5 Å². The third kappa shape index (κ3) is 5.93. The highest BCUT2D eigenvalue weighted by Crippen LogP contribution is 2.45. The van der Waals surface area contributed by atoms with Crippen LogP contribution in [0.5, 0.6) is 17.2 Å². The Morgan fingerprint density at radius 3 is 2.54 bits per heavy atom. The van der Waals surface area contributed by atoms with E-state index < -0.39 is 29.1 Å². The molecular formula is C27H35FN2O6S2Si. The Morgan fingerprint density at radius 2 is 1.92 bits per heavy atom. The third-order valence-electron chi connectivity index (χ3n) is 7.30. The van der Waals surface area contributed by atoms with Gasteiger partial charge in [-0.2, -0.15) is 0 Å². The van der Waals surface area contributed by atoms with Crippen LogP contribution in [-0.2, 0) is 21.0 Å². The lowest BCUT2D eigenvalue weighted by molar-refractivity contribution is 0.121. The molecule has 3 aromatic rings. The van der Waals surface area contributed by atoms with Crippen LogP contribution in [0, 0.1) is 5.82 Å². The van der Waals surface area contributed by atoms with Gasteiger partial charge in [0, 0.05) is 41.3 Å². The summed E-state index contributed by atoms with van der Waals surface area (Å²) < 4.78 is 68.0. The topological polar surface area (TPSA) is 87.2 Å². The minimum atomic E-state index is -4.40. The van der Waals surface area contributed by atoms with E-state index in [1.54, 1.807) is 23.6 Å². The Kier molecular flexibility index (Phi) is 8.32. The van der Waals surface area contributed by atoms with E-state index >= 15 is 4.39 Å². The number of ether oxygens (including phenoxy) is 3. The third-order valence-corrected chi connectivity index (χ3v) is 14.4. The molecular weight excluding hydrogens is 560 g/mol. The first kappa shape index (κ1) is 29.3. The van der Waals surface area contributed by atoms with E-state index in [2.05, 4.69) is 38.8 Å². The number of fused-ring (bicyclic) bond motifs is 1. The van der Waals surface area contributed by atoms with Crippen molar-refractivity contribution in [3.05, 3.63) is 58.9 Å². The Hall–Kier alpha value is -2.67. The van der Waals surface area contributed by atoms with Crippen LogP contribution in [0.2, 0.25) is 18.1 Å². The summed E-state index contributed by atoms with van der Waals surface area (Å²) in [6.07, 6.45) is 1.69. The van der Waals surface area contributed by atoms with Gasteiger partial charge in [-0.15, -0.1) is 11.3 Å². The maximum atomic E-state index is 15.7. The number of aromatic nitrogens is 1. The van der Waals surface area contributed by atoms with Crippen molar-refractivity contribution in [2.24, 2.45) is 0 Å². The van der Waals surface area contributed by atoms with Gasteiger partial charge >= 0.3 is 0 Å². The molecule has 1 atom stereocenters. The van der Waals surface area contributed by atoms with Crippen molar-refractivity contribution >= 4 is 34.8 Å². The van der Waals surface area contributed by atoms with Gasteiger partial charge in [-0.05, 0) is 36.3 Å². The molecule has 0 fully saturated rings. The summed E-state index contributed by atoms with van der Waals surface area (Å²) in [6.45, 7) is 10.9. The summed E-state index contributed by atoms with van der Waals surface area (Å²) >= 11 is 1.14. The Bertz CT molecular complexity index is 1420. The standard InChI is InChI=1S/C27H35FN2O6S2Si/c1-27(2,3)39(6,7)36-22-10-12-35-24-16-25(21(28)15-20(22)24)38(31,32)30(26-29-11-13-37-26)17-18-8-9-19(33-4)14-23(18)34-5/h8-9,11,13-16,22H,10,12,17H2,1-7H3. The number of sulfonamides is 1. The first-order valence-corrected chi connectivity index (χ1v) is 17.8. The molecule has 4 rings (SSSR count). The summed E-state index contributed by atoms with van der Waals surface area (Å²) in [5.41, 5.74) is 1.09. The fraction of sp³-hybridized carbons (Fsp3) is 0.444. The van der Waals surface area contributed by atoms with Gasteiger partial charge in [-0.25, -0.2) is 22.1 Å². The molecule has 0 amide bonds. The van der Waals surface area contributed by atoms with Gasteiger partial charge in [-0.3, -0.25) is 0 Å². The van der Waals surface area contributed by atoms with Crippen LogP contribution in [0.3, 0.4) is 0 Å². The average molecular weight is 595 g/mol. The van der Waals surface area contributed by atoms with Crippen molar-refractivity contribution in [3.8, 4) is 17.2 Å². The second-order valence-electron chi connectivity index (χ2n) is 10.8. The SMILES string of the molecule is COc1ccc(CN(c2nccs2)S(=O)(=O)c2cc3c(cc2F)C(O[Si](C)(C)C(C)(C)C)CCO3)c(OC)c1. The summed E-state index contributed by atoms with van der Waals surface area (Å²) in [7, 11) is -3.55. The molecule has 212 valence electrons. The molecule has 2 aromatic carbocycles. The summed E-state index contributed by atoms with van der Waals surface area (Å²) in [6, 6.07) is 7.60. The van der Waals surface area contributed by atoms with Crippen molar-refractivity contribution in [1.29, 1.82) is 0 Å². The van der Waals surface area contributed by atoms with Crippen molar-refractivity contribution < 1.29 is 31.4 Å². The van der Waals surface area contributed by atoms with Crippen molar-refractivity contribution in [1.82, 2.24) is 4.98 Å². The minimum Gasteiger partial charge on any atom is -0.497 e. The molecule has 1 aliphatic heterocycles. The molecule has 1 aromatic heterocycles. The van der Waals surface area contributed by atoms with Gasteiger partial charge in [-0.1, -0.05) is 20.8 Å². The zero-order chi connectivity index (χ0) is 28.6. The second kappa shape index (κ2) is 11.1. The smallest absolute Gasteiger partial charge is 0.269 e. The molecule has 0 saturated heterocycles. The monoisotopic (exact) mass is 594 g/mol. The number of halogens is 1. The van der Waals surface area contributed by atoms with E-state index in [0.717, 1.165) is 15.6 Å². The van der Waals surface area contributed by atoms with E-state index in [4.69, 9.17) is 18.6 Å². The zero-order valence-electron chi connectivity index (χ0n) is 23.3. The molecule has 0 bridgehead atoms. The fourth-order valence-electron chi connectivity index (χ4n) is 4.06. The zero-order valence-corrected chi connectivity index (χ0v) is 25.9. The predicted octanol–water partition coefficient (Wildman–Crippen LogP) is 6.54. The van der Waals surface area contributed by atoms with Gasteiger partial charge in [0.1, 0.15) is 28.0 Å². The number of thiazole rings is 1. The maximum absolute atomic E-state index is 15.7. The molecule has 12 heteroatoms. The molecule has 1 aliphatic rings. The van der Waals surface area contributed by atoms with E-state index in [0.29, 0.717) is 41.4 Å². The summed E-state index contributed by atoms with van der Waals surface area (Å²) in [5, 5.41) is 1.83. The van der Waals surface area contributed by atoms with E-state index in [9.17, 15) is 8.42 Å². The van der Waals surface area contributed by atoms with Crippen LogP contribution in [0.15, 0.2) is 46.8 Å². The Morgan fingerprint density at radius 1 is 1.18 bits per heavy atom. The predicted molar refractivity (Wildman–Crippen MR) is 153 cm³/mol. The highest BCUT2D eigenvalue weighted by molar-refractivity contribution is 7.93. The van der Waals surface area contributed by atoms with Gasteiger partial charge in [0.2, 0.25) is 0 Å². The van der Waals surface area contributed by atoms with E-state index in [-0.39, 0.29) is 22.8 Å². The van der Waals surface area contributed by atoms with Gasteiger partial charge in [0.25, 0.3) is 10.0 Å². The number of benzene rings is 2. The molecule has 1 unspecified atom stereocenters. The van der Waals surface area contributed by atoms with Crippen molar-refractivity contribution in [2.75, 3.05) is 25.1 Å². The van der Waals surface area contributed by atoms with Gasteiger partial charge in [0.05, 0.1) is 33.5 Å². The number of anilines is 1. The largest absolute Gasteiger partial charge is 0.497 e. The van der Waals surface area contributed by atoms with Crippen LogP contribution in [0.25, 0.3) is 0 Å². The second-order valence-corrected chi connectivity index (χ2v) is 18.3. The first-order chi connectivity index (χ1) is 18.3. The molecule has 0 radical (unpaired) electrons. The lowest BCUT2D eigenvalue weighted by Crippen LogP contribution is -2.42. The summed E-state index contributed by atoms with van der Waals surface area (Å²) in [5.74, 6) is 0.440. The van der Waals surface area contributed by atoms with Crippen LogP contribution in [0.4, 0.5) is 9.52 Å². The lowest BCUT2D eigenvalue weighted by Gasteiger charge is -2.40. The van der Waals surface area contributed by atoms with Crippen LogP contribution < -0.4 is 18.5 Å². The average Bonchev–Trinajstić information content (AvgIpc) is 3.40. The molecule has 39 heavy (non-hydrogen) atoms. The van der Waals surface area contributed by atoms with Crippen molar-refractivity contribution in [2.45, 2.75) is 62.9 Å². The minimum absolute atomic E-state index is 0.0377. The van der Waals surface area contributed by atoms with Gasteiger partial charge in [0.15, 0.2) is 13.4 Å². The maximum Gasteiger partial charge on any atom is 0.269 e. The lowest BCUT2D eigenvalue weighted by atomic mass is 10.0. The number of methoxy groups -OCH3 is 2. The molecule has 0 aliphatic carbocycles. The molecule has 0 saturated carbocycles. The van der Waals surface area contributed by atoms with Crippen LogP contribution >= 0.6 is 11.3 Å². The molecule has 2 heterocycles. The summed E-state index contributed by atoms with van der Waals surface area (Å²) in [4.78, 5) is 3.73. The highest BCUT2D eigenvalue weighted by Gasteiger charge is 2.41. The van der Waals surface area contributed by atoms with Crippen molar-refractivity contribution in [3.63, 3.8) is 0 Å². The van der Waals surface area contributed by atoms with E-state index in [1.807, 2.05) is 0 Å². The van der Waals surface area contributed by atoms with E-state index in [1.165, 1.54) is 32.5 Å². The number of hydrogen-bond acceptors (Lipinski definition) is 8. The molecule has 0 spiro atoms. The van der Waals surface area contributed by atoms with Gasteiger partial charge < -0.3 is 18.6 Å². The Balaban J connectivity index is 1.75.